The molecule has 1 rings (SSSR count). The van der Waals surface area contributed by atoms with Crippen molar-refractivity contribution in [2.45, 2.75) is 24.9 Å². The van der Waals surface area contributed by atoms with Crippen molar-refractivity contribution in [2.75, 3.05) is 19.6 Å². The van der Waals surface area contributed by atoms with E-state index in [4.69, 9.17) is 0 Å². The van der Waals surface area contributed by atoms with E-state index in [1.165, 1.54) is 24.3 Å². The third-order valence-electron chi connectivity index (χ3n) is 2.38. The first kappa shape index (κ1) is 16.8. The van der Waals surface area contributed by atoms with Crippen LogP contribution in [0, 0.1) is 0 Å². The van der Waals surface area contributed by atoms with Gasteiger partial charge in [0.1, 0.15) is 10.6 Å². The molecule has 0 aliphatic carbocycles. The molecule has 1 aromatic rings. The Bertz CT molecular complexity index is 509. The number of sulfonamides is 1. The van der Waals surface area contributed by atoms with Crippen LogP contribution in [-0.2, 0) is 10.0 Å². The van der Waals surface area contributed by atoms with Gasteiger partial charge in [0, 0.05) is 13.1 Å². The molecule has 0 aromatic heterocycles. The smallest absolute Gasteiger partial charge is 0.387 e. The standard InChI is InChI=1S/C12H18F2N2O3S/c1-2-7-15-8-9-16-20(17,18)11-6-4-3-5-10(11)19-12(13)14/h3-6,12,15-16H,2,7-9H2,1H3. The Hall–Kier alpha value is -1.25. The van der Waals surface area contributed by atoms with E-state index in [2.05, 4.69) is 14.8 Å². The number of rotatable bonds is 9. The van der Waals surface area contributed by atoms with Gasteiger partial charge >= 0.3 is 6.61 Å². The molecule has 2 N–H and O–H groups in total. The van der Waals surface area contributed by atoms with Gasteiger partial charge in [-0.2, -0.15) is 8.78 Å². The van der Waals surface area contributed by atoms with Gasteiger partial charge in [-0.3, -0.25) is 0 Å². The number of halogens is 2. The van der Waals surface area contributed by atoms with E-state index >= 15 is 0 Å². The second-order valence-corrected chi connectivity index (χ2v) is 5.71. The lowest BCUT2D eigenvalue weighted by Crippen LogP contribution is -2.32. The number of hydrogen-bond donors (Lipinski definition) is 2. The molecule has 0 amide bonds. The van der Waals surface area contributed by atoms with Crippen LogP contribution < -0.4 is 14.8 Å². The summed E-state index contributed by atoms with van der Waals surface area (Å²) in [4.78, 5) is -0.296. The van der Waals surface area contributed by atoms with Crippen LogP contribution >= 0.6 is 0 Å². The quantitative estimate of drug-likeness (QED) is 0.680. The largest absolute Gasteiger partial charge is 0.433 e. The van der Waals surface area contributed by atoms with Crippen molar-refractivity contribution >= 4 is 10.0 Å². The van der Waals surface area contributed by atoms with E-state index in [0.29, 0.717) is 6.54 Å². The SMILES string of the molecule is CCCNCCNS(=O)(=O)c1ccccc1OC(F)F. The first-order valence-corrected chi connectivity index (χ1v) is 7.70. The van der Waals surface area contributed by atoms with Gasteiger partial charge in [-0.1, -0.05) is 19.1 Å². The van der Waals surface area contributed by atoms with Gasteiger partial charge in [0.05, 0.1) is 0 Å². The summed E-state index contributed by atoms with van der Waals surface area (Å²) < 4.78 is 55.0. The van der Waals surface area contributed by atoms with Crippen molar-refractivity contribution in [3.63, 3.8) is 0 Å². The van der Waals surface area contributed by atoms with Crippen LogP contribution in [0.4, 0.5) is 8.78 Å². The van der Waals surface area contributed by atoms with E-state index in [1.807, 2.05) is 6.92 Å². The molecule has 20 heavy (non-hydrogen) atoms. The minimum absolute atomic E-state index is 0.172. The van der Waals surface area contributed by atoms with Gasteiger partial charge in [0.15, 0.2) is 0 Å². The average Bonchev–Trinajstić information content (AvgIpc) is 2.38. The molecule has 1 aromatic carbocycles. The molecule has 0 unspecified atom stereocenters. The second-order valence-electron chi connectivity index (χ2n) is 3.97. The Kier molecular flexibility index (Phi) is 6.83. The van der Waals surface area contributed by atoms with Crippen LogP contribution in [0.3, 0.4) is 0 Å². The Morgan fingerprint density at radius 2 is 1.90 bits per heavy atom. The monoisotopic (exact) mass is 308 g/mol. The third kappa shape index (κ3) is 5.40. The Morgan fingerprint density at radius 3 is 2.55 bits per heavy atom. The van der Waals surface area contributed by atoms with Crippen LogP contribution in [0.15, 0.2) is 29.2 Å². The van der Waals surface area contributed by atoms with Gasteiger partial charge < -0.3 is 10.1 Å². The zero-order chi connectivity index (χ0) is 15.0. The number of alkyl halides is 2. The van der Waals surface area contributed by atoms with Crippen LogP contribution in [-0.4, -0.2) is 34.7 Å². The van der Waals surface area contributed by atoms with Gasteiger partial charge in [-0.05, 0) is 25.1 Å². The fourth-order valence-electron chi connectivity index (χ4n) is 1.52. The fraction of sp³-hybridized carbons (Fsp3) is 0.500. The van der Waals surface area contributed by atoms with E-state index in [1.54, 1.807) is 0 Å². The first-order chi connectivity index (χ1) is 9.47. The predicted octanol–water partition coefficient (Wildman–Crippen LogP) is 1.57. The highest BCUT2D eigenvalue weighted by Gasteiger charge is 2.20. The van der Waals surface area contributed by atoms with E-state index in [9.17, 15) is 17.2 Å². The molecule has 114 valence electrons. The Morgan fingerprint density at radius 1 is 1.20 bits per heavy atom. The van der Waals surface area contributed by atoms with Crippen LogP contribution in [0.25, 0.3) is 0 Å². The van der Waals surface area contributed by atoms with Crippen molar-refractivity contribution in [3.8, 4) is 5.75 Å². The lowest BCUT2D eigenvalue weighted by Gasteiger charge is -2.12. The molecule has 0 fully saturated rings. The molecule has 5 nitrogen and oxygen atoms in total. The second kappa shape index (κ2) is 8.13. The van der Waals surface area contributed by atoms with Crippen molar-refractivity contribution in [3.05, 3.63) is 24.3 Å². The molecular weight excluding hydrogens is 290 g/mol. The van der Waals surface area contributed by atoms with Gasteiger partial charge in [0.2, 0.25) is 10.0 Å². The van der Waals surface area contributed by atoms with Crippen molar-refractivity contribution in [1.29, 1.82) is 0 Å². The summed E-state index contributed by atoms with van der Waals surface area (Å²) in [5, 5.41) is 3.03. The maximum atomic E-state index is 12.2. The number of para-hydroxylation sites is 1. The van der Waals surface area contributed by atoms with Crippen LogP contribution in [0.5, 0.6) is 5.75 Å². The summed E-state index contributed by atoms with van der Waals surface area (Å²) in [6.45, 7) is 0.343. The molecule has 0 radical (unpaired) electrons. The van der Waals surface area contributed by atoms with Gasteiger partial charge in [-0.25, -0.2) is 13.1 Å². The molecule has 0 saturated carbocycles. The highest BCUT2D eigenvalue weighted by atomic mass is 32.2. The van der Waals surface area contributed by atoms with E-state index in [-0.39, 0.29) is 17.2 Å². The first-order valence-electron chi connectivity index (χ1n) is 6.21. The number of benzene rings is 1. The lowest BCUT2D eigenvalue weighted by atomic mass is 10.3. The summed E-state index contributed by atoms with van der Waals surface area (Å²) in [5.41, 5.74) is 0. The summed E-state index contributed by atoms with van der Waals surface area (Å²) in [5.74, 6) is -0.364. The topological polar surface area (TPSA) is 67.4 Å². The number of ether oxygens (including phenoxy) is 1. The maximum Gasteiger partial charge on any atom is 0.387 e. The molecule has 0 bridgehead atoms. The van der Waals surface area contributed by atoms with E-state index < -0.39 is 16.6 Å². The summed E-state index contributed by atoms with van der Waals surface area (Å²) in [6, 6.07) is 5.29. The molecule has 0 aliphatic heterocycles. The summed E-state index contributed by atoms with van der Waals surface area (Å²) in [6.07, 6.45) is 0.942. The molecule has 0 atom stereocenters. The maximum absolute atomic E-state index is 12.2. The summed E-state index contributed by atoms with van der Waals surface area (Å²) in [7, 11) is -3.87. The molecule has 8 heteroatoms. The molecule has 0 saturated heterocycles. The van der Waals surface area contributed by atoms with Gasteiger partial charge in [0.25, 0.3) is 0 Å². The fourth-order valence-corrected chi connectivity index (χ4v) is 2.68. The third-order valence-corrected chi connectivity index (χ3v) is 3.88. The Labute approximate surface area is 117 Å². The number of nitrogens with one attached hydrogen (secondary N) is 2. The zero-order valence-electron chi connectivity index (χ0n) is 11.1. The molecule has 0 aliphatic rings. The minimum Gasteiger partial charge on any atom is -0.433 e. The Balaban J connectivity index is 2.71. The normalized spacial score (nSPS) is 11.8. The van der Waals surface area contributed by atoms with Crippen molar-refractivity contribution in [1.82, 2.24) is 10.0 Å². The lowest BCUT2D eigenvalue weighted by molar-refractivity contribution is -0.0517. The predicted molar refractivity (Wildman–Crippen MR) is 71.4 cm³/mol. The molecule has 0 spiro atoms. The van der Waals surface area contributed by atoms with E-state index in [0.717, 1.165) is 13.0 Å². The van der Waals surface area contributed by atoms with Crippen molar-refractivity contribution in [2.24, 2.45) is 0 Å². The van der Waals surface area contributed by atoms with Crippen molar-refractivity contribution < 1.29 is 21.9 Å². The number of hydrogen-bond acceptors (Lipinski definition) is 4. The minimum atomic E-state index is -3.87. The zero-order valence-corrected chi connectivity index (χ0v) is 11.9. The van der Waals surface area contributed by atoms with Gasteiger partial charge in [-0.15, -0.1) is 0 Å². The van der Waals surface area contributed by atoms with Crippen LogP contribution in [0.1, 0.15) is 13.3 Å². The average molecular weight is 308 g/mol. The molecular formula is C12H18F2N2O3S. The molecule has 0 heterocycles. The summed E-state index contributed by atoms with van der Waals surface area (Å²) >= 11 is 0. The van der Waals surface area contributed by atoms with Crippen LogP contribution in [0.2, 0.25) is 0 Å². The highest BCUT2D eigenvalue weighted by molar-refractivity contribution is 7.89. The highest BCUT2D eigenvalue weighted by Crippen LogP contribution is 2.24.